The van der Waals surface area contributed by atoms with Crippen molar-refractivity contribution in [3.05, 3.63) is 41.2 Å². The second-order valence-electron chi connectivity index (χ2n) is 1.99. The second kappa shape index (κ2) is 3.40. The van der Waals surface area contributed by atoms with Crippen LogP contribution >= 0.6 is 27.5 Å². The van der Waals surface area contributed by atoms with Crippen molar-refractivity contribution < 1.29 is 0 Å². The molecule has 0 spiro atoms. The van der Waals surface area contributed by atoms with Crippen LogP contribution in [0.1, 0.15) is 10.9 Å². The van der Waals surface area contributed by atoms with Crippen LogP contribution in [0.15, 0.2) is 28.7 Å². The summed E-state index contributed by atoms with van der Waals surface area (Å²) in [6.07, 6.45) is 0. The summed E-state index contributed by atoms with van der Waals surface area (Å²) in [5, 5.41) is -0.171. The van der Waals surface area contributed by atoms with E-state index in [2.05, 4.69) is 22.9 Å². The van der Waals surface area contributed by atoms with E-state index in [4.69, 9.17) is 11.6 Å². The molecule has 53 valence electrons. The molecule has 0 amide bonds. The lowest BCUT2D eigenvalue weighted by atomic mass is 10.2. The molecule has 10 heavy (non-hydrogen) atoms. The highest BCUT2D eigenvalue weighted by molar-refractivity contribution is 9.10. The third-order valence-electron chi connectivity index (χ3n) is 1.24. The van der Waals surface area contributed by atoms with E-state index < -0.39 is 0 Å². The predicted molar refractivity (Wildman–Crippen MR) is 48.1 cm³/mol. The van der Waals surface area contributed by atoms with Crippen molar-refractivity contribution in [3.8, 4) is 0 Å². The van der Waals surface area contributed by atoms with Crippen LogP contribution in [-0.2, 0) is 0 Å². The normalized spacial score (nSPS) is 13.1. The smallest absolute Gasteiger partial charge is 0.0597 e. The number of rotatable bonds is 1. The summed E-state index contributed by atoms with van der Waals surface area (Å²) in [6.45, 7) is 3.70. The Labute approximate surface area is 74.3 Å². The molecule has 0 nitrogen and oxygen atoms in total. The molecule has 0 fully saturated rings. The maximum atomic E-state index is 5.77. The third kappa shape index (κ3) is 1.74. The number of hydrogen-bond acceptors (Lipinski definition) is 0. The minimum absolute atomic E-state index is 0.171. The molecule has 0 bridgehead atoms. The molecule has 2 heteroatoms. The second-order valence-corrected chi connectivity index (χ2v) is 3.37. The van der Waals surface area contributed by atoms with Crippen LogP contribution in [0.3, 0.4) is 0 Å². The lowest BCUT2D eigenvalue weighted by molar-refractivity contribution is 1.20. The highest BCUT2D eigenvalue weighted by Crippen LogP contribution is 2.26. The zero-order valence-corrected chi connectivity index (χ0v) is 7.69. The largest absolute Gasteiger partial charge is 0.118 e. The molecule has 1 aromatic rings. The summed E-state index contributed by atoms with van der Waals surface area (Å²) >= 11 is 9.14. The quantitative estimate of drug-likeness (QED) is 0.632. The van der Waals surface area contributed by atoms with Crippen molar-refractivity contribution in [2.75, 3.05) is 0 Å². The van der Waals surface area contributed by atoms with Crippen LogP contribution in [0, 0.1) is 6.92 Å². The fourth-order valence-corrected chi connectivity index (χ4v) is 1.61. The average molecular weight is 219 g/mol. The van der Waals surface area contributed by atoms with Gasteiger partial charge in [0.2, 0.25) is 0 Å². The Kier molecular flexibility index (Phi) is 2.75. The molecule has 1 atom stereocenters. The Morgan fingerprint density at radius 2 is 2.00 bits per heavy atom. The van der Waals surface area contributed by atoms with Gasteiger partial charge in [-0.2, -0.15) is 0 Å². The molecular formula is C8H7BrCl. The molecule has 1 unspecified atom stereocenters. The molecule has 1 radical (unpaired) electrons. The Balaban J connectivity index is 3.03. The molecule has 0 N–H and O–H groups in total. The van der Waals surface area contributed by atoms with E-state index >= 15 is 0 Å². The molecular weight excluding hydrogens is 211 g/mol. The van der Waals surface area contributed by atoms with Crippen molar-refractivity contribution in [1.82, 2.24) is 0 Å². The van der Waals surface area contributed by atoms with Crippen LogP contribution in [0.5, 0.6) is 0 Å². The molecule has 0 aliphatic heterocycles. The van der Waals surface area contributed by atoms with E-state index in [1.165, 1.54) is 0 Å². The molecule has 0 saturated heterocycles. The van der Waals surface area contributed by atoms with Crippen LogP contribution in [0.25, 0.3) is 0 Å². The van der Waals surface area contributed by atoms with E-state index in [9.17, 15) is 0 Å². The van der Waals surface area contributed by atoms with Crippen LogP contribution in [-0.4, -0.2) is 0 Å². The monoisotopic (exact) mass is 217 g/mol. The predicted octanol–water partition coefficient (Wildman–Crippen LogP) is 3.56. The summed E-state index contributed by atoms with van der Waals surface area (Å²) < 4.78 is 1.02. The summed E-state index contributed by atoms with van der Waals surface area (Å²) in [6, 6.07) is 7.80. The maximum Gasteiger partial charge on any atom is 0.0597 e. The number of hydrogen-bond donors (Lipinski definition) is 0. The van der Waals surface area contributed by atoms with Crippen molar-refractivity contribution in [2.45, 2.75) is 5.38 Å². The van der Waals surface area contributed by atoms with Gasteiger partial charge in [-0.15, -0.1) is 11.6 Å². The summed E-state index contributed by atoms with van der Waals surface area (Å²) in [4.78, 5) is 0. The fourth-order valence-electron chi connectivity index (χ4n) is 0.729. The van der Waals surface area contributed by atoms with Crippen LogP contribution in [0.2, 0.25) is 0 Å². The Morgan fingerprint density at radius 3 is 2.40 bits per heavy atom. The van der Waals surface area contributed by atoms with E-state index in [0.717, 1.165) is 10.0 Å². The topological polar surface area (TPSA) is 0 Å². The van der Waals surface area contributed by atoms with Crippen molar-refractivity contribution in [1.29, 1.82) is 0 Å². The van der Waals surface area contributed by atoms with E-state index in [1.54, 1.807) is 0 Å². The Bertz CT molecular complexity index is 220. The minimum Gasteiger partial charge on any atom is -0.118 e. The van der Waals surface area contributed by atoms with Gasteiger partial charge in [-0.1, -0.05) is 34.1 Å². The van der Waals surface area contributed by atoms with Gasteiger partial charge in [-0.3, -0.25) is 0 Å². The first-order valence-corrected chi connectivity index (χ1v) is 4.16. The highest BCUT2D eigenvalue weighted by Gasteiger charge is 2.03. The SMILES string of the molecule is [CH2]C(Cl)c1ccccc1Br. The minimum atomic E-state index is -0.171. The van der Waals surface area contributed by atoms with Crippen LogP contribution in [0.4, 0.5) is 0 Å². The van der Waals surface area contributed by atoms with Gasteiger partial charge in [0.1, 0.15) is 0 Å². The maximum absolute atomic E-state index is 5.77. The third-order valence-corrected chi connectivity index (χ3v) is 2.20. The van der Waals surface area contributed by atoms with Gasteiger partial charge in [-0.25, -0.2) is 0 Å². The summed E-state index contributed by atoms with van der Waals surface area (Å²) in [5.74, 6) is 0. The van der Waals surface area contributed by atoms with Crippen LogP contribution < -0.4 is 0 Å². The van der Waals surface area contributed by atoms with Gasteiger partial charge in [-0.05, 0) is 18.6 Å². The van der Waals surface area contributed by atoms with E-state index in [0.29, 0.717) is 0 Å². The number of benzene rings is 1. The molecule has 0 saturated carbocycles. The van der Waals surface area contributed by atoms with Gasteiger partial charge >= 0.3 is 0 Å². The van der Waals surface area contributed by atoms with Crippen molar-refractivity contribution in [2.24, 2.45) is 0 Å². The van der Waals surface area contributed by atoms with E-state index in [-0.39, 0.29) is 5.38 Å². The lowest BCUT2D eigenvalue weighted by Gasteiger charge is -2.03. The number of halogens is 2. The molecule has 0 aliphatic rings. The standard InChI is InChI=1S/C8H7BrCl/c1-6(10)7-4-2-3-5-8(7)9/h2-6H,1H2. The molecule has 0 aliphatic carbocycles. The fraction of sp³-hybridized carbons (Fsp3) is 0.125. The van der Waals surface area contributed by atoms with Crippen molar-refractivity contribution >= 4 is 27.5 Å². The van der Waals surface area contributed by atoms with Gasteiger partial charge < -0.3 is 0 Å². The first-order valence-electron chi connectivity index (χ1n) is 2.93. The zero-order valence-electron chi connectivity index (χ0n) is 5.35. The van der Waals surface area contributed by atoms with Gasteiger partial charge in [0.25, 0.3) is 0 Å². The van der Waals surface area contributed by atoms with E-state index in [1.807, 2.05) is 24.3 Å². The average Bonchev–Trinajstić information content (AvgIpc) is 1.88. The van der Waals surface area contributed by atoms with Gasteiger partial charge in [0.15, 0.2) is 0 Å². The molecule has 0 heterocycles. The Hall–Kier alpha value is -0.0100. The first-order chi connectivity index (χ1) is 4.72. The first kappa shape index (κ1) is 8.09. The zero-order chi connectivity index (χ0) is 7.56. The van der Waals surface area contributed by atoms with Crippen molar-refractivity contribution in [3.63, 3.8) is 0 Å². The molecule has 1 aromatic carbocycles. The molecule has 0 aromatic heterocycles. The number of alkyl halides is 1. The summed E-state index contributed by atoms with van der Waals surface area (Å²) in [7, 11) is 0. The highest BCUT2D eigenvalue weighted by atomic mass is 79.9. The van der Waals surface area contributed by atoms with Gasteiger partial charge in [0, 0.05) is 4.47 Å². The Morgan fingerprint density at radius 1 is 1.40 bits per heavy atom. The lowest BCUT2D eigenvalue weighted by Crippen LogP contribution is -1.84. The summed E-state index contributed by atoms with van der Waals surface area (Å²) in [5.41, 5.74) is 1.03. The van der Waals surface area contributed by atoms with Gasteiger partial charge in [0.05, 0.1) is 5.38 Å². The molecule has 1 rings (SSSR count).